The smallest absolute Gasteiger partial charge is 0.307 e. The molecule has 1 aliphatic heterocycles. The maximum absolute atomic E-state index is 11.9. The highest BCUT2D eigenvalue weighted by molar-refractivity contribution is 5.89. The molecule has 30 heavy (non-hydrogen) atoms. The van der Waals surface area contributed by atoms with E-state index in [4.69, 9.17) is 5.11 Å². The monoisotopic (exact) mass is 407 g/mol. The largest absolute Gasteiger partial charge is 0.481 e. The van der Waals surface area contributed by atoms with Crippen LogP contribution in [0.5, 0.6) is 0 Å². The van der Waals surface area contributed by atoms with Gasteiger partial charge in [-0.1, -0.05) is 44.2 Å². The molecular weight excluding hydrogens is 374 g/mol. The number of carboxylic acid groups (broad SMARTS) is 1. The third-order valence-corrected chi connectivity index (χ3v) is 9.42. The van der Waals surface area contributed by atoms with E-state index in [1.807, 2.05) is 12.1 Å². The Hall–Kier alpha value is -2.10. The predicted molar refractivity (Wildman–Crippen MR) is 116 cm³/mol. The van der Waals surface area contributed by atoms with E-state index in [1.165, 1.54) is 37.7 Å². The normalized spacial score (nSPS) is 42.1. The minimum atomic E-state index is -0.772. The summed E-state index contributed by atoms with van der Waals surface area (Å²) in [5, 5.41) is 12.3. The number of rotatable bonds is 3. The van der Waals surface area contributed by atoms with Gasteiger partial charge in [-0.15, -0.1) is 0 Å². The number of benzene rings is 1. The molecule has 1 amide bonds. The van der Waals surface area contributed by atoms with Gasteiger partial charge in [-0.2, -0.15) is 0 Å². The van der Waals surface area contributed by atoms with Crippen LogP contribution in [0.3, 0.4) is 0 Å². The molecule has 0 unspecified atom stereocenters. The molecule has 1 heterocycles. The Morgan fingerprint density at radius 1 is 1.07 bits per heavy atom. The van der Waals surface area contributed by atoms with Crippen molar-refractivity contribution in [3.8, 4) is 0 Å². The van der Waals surface area contributed by atoms with Crippen LogP contribution >= 0.6 is 0 Å². The second kappa shape index (κ2) is 6.96. The fraction of sp³-hybridized carbons (Fsp3) is 0.615. The SMILES string of the molecule is C[C@]12C=CC(=O)N[C@@H]1CC[C@@H]1[C@@H]2CC[C@]2(C)[C@@H](c3ccc(CC(=O)O)cc3)CC[C@@H]12. The highest BCUT2D eigenvalue weighted by Crippen LogP contribution is 2.66. The fourth-order valence-corrected chi connectivity index (χ4v) is 7.92. The summed E-state index contributed by atoms with van der Waals surface area (Å²) in [6.45, 7) is 4.89. The van der Waals surface area contributed by atoms with Gasteiger partial charge in [0.05, 0.1) is 6.42 Å². The number of hydrogen-bond donors (Lipinski definition) is 2. The number of carbonyl (C=O) groups excluding carboxylic acids is 1. The quantitative estimate of drug-likeness (QED) is 0.764. The third kappa shape index (κ3) is 2.94. The molecule has 0 radical (unpaired) electrons. The Balaban J connectivity index is 1.40. The van der Waals surface area contributed by atoms with E-state index in [1.54, 1.807) is 6.08 Å². The van der Waals surface area contributed by atoms with Crippen molar-refractivity contribution in [2.45, 2.75) is 70.8 Å². The summed E-state index contributed by atoms with van der Waals surface area (Å²) in [4.78, 5) is 22.9. The molecule has 7 atom stereocenters. The van der Waals surface area contributed by atoms with Gasteiger partial charge in [0.15, 0.2) is 0 Å². The number of aliphatic carboxylic acids is 1. The summed E-state index contributed by atoms with van der Waals surface area (Å²) in [5.74, 6) is 2.00. The number of carbonyl (C=O) groups is 2. The van der Waals surface area contributed by atoms with Crippen LogP contribution in [0, 0.1) is 28.6 Å². The van der Waals surface area contributed by atoms with Gasteiger partial charge in [0.25, 0.3) is 0 Å². The Morgan fingerprint density at radius 3 is 2.57 bits per heavy atom. The first-order chi connectivity index (χ1) is 14.3. The zero-order valence-electron chi connectivity index (χ0n) is 18.1. The van der Waals surface area contributed by atoms with Gasteiger partial charge in [0, 0.05) is 11.5 Å². The second-order valence-corrected chi connectivity index (χ2v) is 10.7. The van der Waals surface area contributed by atoms with Crippen molar-refractivity contribution >= 4 is 11.9 Å². The van der Waals surface area contributed by atoms with E-state index in [-0.39, 0.29) is 17.7 Å². The zero-order chi connectivity index (χ0) is 21.1. The zero-order valence-corrected chi connectivity index (χ0v) is 18.1. The molecule has 2 N–H and O–H groups in total. The van der Waals surface area contributed by atoms with Gasteiger partial charge >= 0.3 is 5.97 Å². The van der Waals surface area contributed by atoms with Crippen LogP contribution < -0.4 is 5.32 Å². The van der Waals surface area contributed by atoms with Crippen LogP contribution in [0.15, 0.2) is 36.4 Å². The second-order valence-electron chi connectivity index (χ2n) is 10.7. The van der Waals surface area contributed by atoms with Crippen molar-refractivity contribution in [1.29, 1.82) is 0 Å². The van der Waals surface area contributed by atoms with Gasteiger partial charge in [0.1, 0.15) is 0 Å². The molecule has 0 bridgehead atoms. The molecule has 0 saturated heterocycles. The van der Waals surface area contributed by atoms with E-state index in [2.05, 4.69) is 37.4 Å². The van der Waals surface area contributed by atoms with Crippen molar-refractivity contribution in [1.82, 2.24) is 5.32 Å². The Bertz CT molecular complexity index is 890. The van der Waals surface area contributed by atoms with Crippen molar-refractivity contribution in [2.24, 2.45) is 28.6 Å². The van der Waals surface area contributed by atoms with E-state index < -0.39 is 5.97 Å². The molecule has 1 aromatic rings. The lowest BCUT2D eigenvalue weighted by Gasteiger charge is -2.59. The number of carboxylic acids is 1. The summed E-state index contributed by atoms with van der Waals surface area (Å²) >= 11 is 0. The van der Waals surface area contributed by atoms with Crippen LogP contribution in [0.2, 0.25) is 0 Å². The maximum Gasteiger partial charge on any atom is 0.307 e. The van der Waals surface area contributed by atoms with Crippen LogP contribution in [0.4, 0.5) is 0 Å². The van der Waals surface area contributed by atoms with Crippen LogP contribution in [0.1, 0.15) is 69.4 Å². The van der Waals surface area contributed by atoms with Crippen molar-refractivity contribution < 1.29 is 14.7 Å². The Labute approximate surface area is 179 Å². The summed E-state index contributed by atoms with van der Waals surface area (Å²) in [5.41, 5.74) is 2.68. The van der Waals surface area contributed by atoms with Gasteiger partial charge in [-0.3, -0.25) is 9.59 Å². The first-order valence-corrected chi connectivity index (χ1v) is 11.6. The average Bonchev–Trinajstić information content (AvgIpc) is 3.06. The third-order valence-electron chi connectivity index (χ3n) is 9.42. The van der Waals surface area contributed by atoms with Crippen molar-refractivity contribution in [2.75, 3.05) is 0 Å². The Kier molecular flexibility index (Phi) is 4.61. The fourth-order valence-electron chi connectivity index (χ4n) is 7.92. The summed E-state index contributed by atoms with van der Waals surface area (Å²) in [6.07, 6.45) is 11.4. The molecule has 160 valence electrons. The lowest BCUT2D eigenvalue weighted by atomic mass is 9.47. The van der Waals surface area contributed by atoms with E-state index >= 15 is 0 Å². The highest BCUT2D eigenvalue weighted by atomic mass is 16.4. The number of nitrogens with one attached hydrogen (secondary N) is 1. The van der Waals surface area contributed by atoms with Gasteiger partial charge in [0.2, 0.25) is 5.91 Å². The van der Waals surface area contributed by atoms with Crippen molar-refractivity contribution in [3.63, 3.8) is 0 Å². The molecule has 0 aromatic heterocycles. The number of fused-ring (bicyclic) bond motifs is 5. The maximum atomic E-state index is 11.9. The van der Waals surface area contributed by atoms with Crippen LogP contribution in [-0.4, -0.2) is 23.0 Å². The summed E-state index contributed by atoms with van der Waals surface area (Å²) in [7, 11) is 0. The lowest BCUT2D eigenvalue weighted by molar-refractivity contribution is -0.136. The van der Waals surface area contributed by atoms with E-state index in [0.717, 1.165) is 23.8 Å². The molecule has 5 rings (SSSR count). The predicted octanol–water partition coefficient (Wildman–Crippen LogP) is 4.69. The first kappa shape index (κ1) is 19.8. The summed E-state index contributed by atoms with van der Waals surface area (Å²) in [6, 6.07) is 8.67. The minimum absolute atomic E-state index is 0.0730. The standard InChI is InChI=1S/C26H33NO3/c1-25-13-11-21-18(7-10-22-26(21,2)14-12-23(28)27-22)20(25)9-8-19(25)17-5-3-16(4-6-17)15-24(29)30/h3-6,12,14,18-22H,7-11,13,15H2,1-2H3,(H,27,28)(H,29,30)/t18-,19+,20-,21-,22+,25+,26+/m0/s1. The molecule has 3 aliphatic carbocycles. The number of hydrogen-bond acceptors (Lipinski definition) is 2. The molecule has 3 saturated carbocycles. The molecule has 4 heteroatoms. The van der Waals surface area contributed by atoms with E-state index in [9.17, 15) is 9.59 Å². The van der Waals surface area contributed by atoms with Crippen LogP contribution in [-0.2, 0) is 16.0 Å². The highest BCUT2D eigenvalue weighted by Gasteiger charge is 2.59. The lowest BCUT2D eigenvalue weighted by Crippen LogP contribution is -2.59. The first-order valence-electron chi connectivity index (χ1n) is 11.6. The van der Waals surface area contributed by atoms with Gasteiger partial charge in [-0.25, -0.2) is 0 Å². The van der Waals surface area contributed by atoms with E-state index in [0.29, 0.717) is 23.3 Å². The van der Waals surface area contributed by atoms with Crippen LogP contribution in [0.25, 0.3) is 0 Å². The minimum Gasteiger partial charge on any atom is -0.481 e. The molecule has 4 aliphatic rings. The van der Waals surface area contributed by atoms with Crippen molar-refractivity contribution in [3.05, 3.63) is 47.5 Å². The number of amides is 1. The van der Waals surface area contributed by atoms with Gasteiger partial charge < -0.3 is 10.4 Å². The average molecular weight is 408 g/mol. The van der Waals surface area contributed by atoms with Gasteiger partial charge in [-0.05, 0) is 84.8 Å². The molecule has 1 aromatic carbocycles. The topological polar surface area (TPSA) is 66.4 Å². The molecular formula is C26H33NO3. The summed E-state index contributed by atoms with van der Waals surface area (Å²) < 4.78 is 0. The Morgan fingerprint density at radius 2 is 1.83 bits per heavy atom. The molecule has 0 spiro atoms. The molecule has 3 fully saturated rings. The molecule has 4 nitrogen and oxygen atoms in total.